The maximum absolute atomic E-state index is 13.7. The number of halogens is 1. The topological polar surface area (TPSA) is 152 Å². The van der Waals surface area contributed by atoms with Gasteiger partial charge in [0.2, 0.25) is 5.91 Å². The fourth-order valence-corrected chi connectivity index (χ4v) is 11.2. The van der Waals surface area contributed by atoms with E-state index >= 15 is 0 Å². The number of hydrogen-bond acceptors (Lipinski definition) is 8. The first-order valence-electron chi connectivity index (χ1n) is 24.8. The summed E-state index contributed by atoms with van der Waals surface area (Å²) < 4.78 is 14.2. The van der Waals surface area contributed by atoms with Crippen LogP contribution in [0, 0.1) is 6.92 Å². The lowest BCUT2D eigenvalue weighted by molar-refractivity contribution is -0.120. The van der Waals surface area contributed by atoms with Crippen LogP contribution in [0.5, 0.6) is 17.2 Å². The van der Waals surface area contributed by atoms with Crippen molar-refractivity contribution in [1.82, 2.24) is 15.2 Å². The molecule has 5 heterocycles. The monoisotopic (exact) mass is 959 g/mol. The van der Waals surface area contributed by atoms with Crippen molar-refractivity contribution in [1.29, 1.82) is 0 Å². The number of aromatic carboxylic acids is 1. The Morgan fingerprint density at radius 3 is 2.36 bits per heavy atom. The molecule has 4 aliphatic rings. The molecule has 360 valence electrons. The fourth-order valence-electron chi connectivity index (χ4n) is 11.1. The number of benzene rings is 5. The standard InChI is InChI=1S/C57H58ClN5O7/c1-4-5-11-35-28-46-50(47-29-36-12-9-26-62-27-10-14-42(52(36)62)54(47)70-53(46)41-13-8-25-60-51(35)41)40-21-17-37(30-45(40)57(67)68)55(65)61-24-7-6-23-59-49(64)32-43-33(2)63(48-22-20-39(69-3)31-44(43)48)56(66)34-15-18-38(58)19-16-34/h15-22,28-31H,4-14,23-27,32H2,1-3H3,(H,59,64)(H,61,65)(H,67,68). The highest BCUT2D eigenvalue weighted by Gasteiger charge is 2.35. The summed E-state index contributed by atoms with van der Waals surface area (Å²) in [4.78, 5) is 61.8. The minimum absolute atomic E-state index is 0.0539. The molecular weight excluding hydrogens is 902 g/mol. The number of hydrogen-bond donors (Lipinski definition) is 3. The Kier molecular flexibility index (Phi) is 13.3. The van der Waals surface area contributed by atoms with E-state index in [2.05, 4.69) is 34.6 Å². The summed E-state index contributed by atoms with van der Waals surface area (Å²) in [6.07, 6.45) is 9.83. The molecule has 0 radical (unpaired) electrons. The SMILES string of the molecule is CCCCc1cc2c(c3c1=NCCC3)Oc1c(cc3c4c1CCCN4CCC3)C=2c1ccc(C(=O)NCCCCNC(=O)Cc2c(C)n(C(=O)c3ccc(Cl)cc3)c3ccc(OC)cc23)cc1C(=O)O. The van der Waals surface area contributed by atoms with Gasteiger partial charge < -0.3 is 30.1 Å². The van der Waals surface area contributed by atoms with E-state index in [0.717, 1.165) is 127 Å². The van der Waals surface area contributed by atoms with Crippen LogP contribution >= 0.6 is 11.6 Å². The predicted molar refractivity (Wildman–Crippen MR) is 272 cm³/mol. The number of amides is 2. The molecule has 13 heteroatoms. The molecule has 1 aromatic heterocycles. The van der Waals surface area contributed by atoms with Crippen LogP contribution in [0.25, 0.3) is 16.5 Å². The van der Waals surface area contributed by atoms with Crippen LogP contribution in [0.1, 0.15) is 128 Å². The minimum Gasteiger partial charge on any atom is -0.497 e. The maximum Gasteiger partial charge on any atom is 0.336 e. The normalized spacial score (nSPS) is 14.4. The molecule has 12 nitrogen and oxygen atoms in total. The average Bonchev–Trinajstić information content (AvgIpc) is 3.64. The van der Waals surface area contributed by atoms with E-state index in [1.807, 2.05) is 19.1 Å². The summed E-state index contributed by atoms with van der Waals surface area (Å²) in [5, 5.41) is 20.1. The molecule has 3 N–H and O–H groups in total. The van der Waals surface area contributed by atoms with Gasteiger partial charge in [-0.2, -0.15) is 0 Å². The van der Waals surface area contributed by atoms with Crippen molar-refractivity contribution in [3.63, 3.8) is 0 Å². The summed E-state index contributed by atoms with van der Waals surface area (Å²) >= 11 is 6.09. The van der Waals surface area contributed by atoms with Gasteiger partial charge in [0.05, 0.1) is 30.0 Å². The Labute approximate surface area is 412 Å². The van der Waals surface area contributed by atoms with Crippen LogP contribution < -0.4 is 35.6 Å². The Bertz CT molecular complexity index is 3250. The number of rotatable bonds is 15. The van der Waals surface area contributed by atoms with Gasteiger partial charge in [0.25, 0.3) is 11.8 Å². The summed E-state index contributed by atoms with van der Waals surface area (Å²) in [7, 11) is 1.57. The van der Waals surface area contributed by atoms with Gasteiger partial charge in [0, 0.05) is 93.1 Å². The number of carbonyl (C=O) groups excluding carboxylic acids is 3. The number of carboxylic acids is 1. The van der Waals surface area contributed by atoms with E-state index < -0.39 is 5.97 Å². The first-order chi connectivity index (χ1) is 34.0. The van der Waals surface area contributed by atoms with Crippen molar-refractivity contribution in [2.24, 2.45) is 4.99 Å². The van der Waals surface area contributed by atoms with Crippen LogP contribution in [0.15, 0.2) is 77.8 Å². The first kappa shape index (κ1) is 46.8. The van der Waals surface area contributed by atoms with E-state index in [4.69, 9.17) is 26.1 Å². The van der Waals surface area contributed by atoms with Gasteiger partial charge in [-0.05, 0) is 160 Å². The van der Waals surface area contributed by atoms with Gasteiger partial charge in [-0.3, -0.25) is 23.9 Å². The lowest BCUT2D eigenvalue weighted by Crippen LogP contribution is -2.36. The number of nitrogens with zero attached hydrogens (tertiary/aromatic N) is 3. The molecule has 0 bridgehead atoms. The highest BCUT2D eigenvalue weighted by Crippen LogP contribution is 2.49. The van der Waals surface area contributed by atoms with Crippen LogP contribution in [0.4, 0.5) is 5.69 Å². The number of aromatic nitrogens is 1. The minimum atomic E-state index is -1.11. The van der Waals surface area contributed by atoms with Crippen LogP contribution in [-0.2, 0) is 36.9 Å². The number of fused-ring (bicyclic) bond motifs is 6. The second kappa shape index (κ2) is 19.8. The van der Waals surface area contributed by atoms with Crippen molar-refractivity contribution in [3.8, 4) is 17.2 Å². The zero-order valence-corrected chi connectivity index (χ0v) is 40.8. The van der Waals surface area contributed by atoms with Gasteiger partial charge in [-0.1, -0.05) is 31.0 Å². The molecule has 10 rings (SSSR count). The molecular formula is C57H58ClN5O7. The highest BCUT2D eigenvalue weighted by atomic mass is 35.5. The number of nitrogens with one attached hydrogen (secondary N) is 2. The molecule has 4 aliphatic heterocycles. The van der Waals surface area contributed by atoms with Crippen molar-refractivity contribution >= 4 is 57.5 Å². The predicted octanol–water partition coefficient (Wildman–Crippen LogP) is 8.83. The number of carboxylic acid groups (broad SMARTS) is 1. The van der Waals surface area contributed by atoms with Crippen LogP contribution in [0.3, 0.4) is 0 Å². The van der Waals surface area contributed by atoms with Gasteiger partial charge in [-0.15, -0.1) is 0 Å². The lowest BCUT2D eigenvalue weighted by Gasteiger charge is -2.39. The first-order valence-corrected chi connectivity index (χ1v) is 25.2. The van der Waals surface area contributed by atoms with E-state index in [-0.39, 0.29) is 35.3 Å². The van der Waals surface area contributed by atoms with Crippen LogP contribution in [0.2, 0.25) is 5.02 Å². The maximum atomic E-state index is 13.7. The van der Waals surface area contributed by atoms with Crippen molar-refractivity contribution in [2.45, 2.75) is 90.9 Å². The third-order valence-electron chi connectivity index (χ3n) is 14.5. The number of ether oxygens (including phenoxy) is 2. The molecule has 0 unspecified atom stereocenters. The Morgan fingerprint density at radius 2 is 1.59 bits per heavy atom. The number of aryl methyl sites for hydroxylation is 2. The van der Waals surface area contributed by atoms with Crippen molar-refractivity contribution < 1.29 is 33.8 Å². The summed E-state index contributed by atoms with van der Waals surface area (Å²) in [5.74, 6) is 0.304. The third-order valence-corrected chi connectivity index (χ3v) is 14.7. The largest absolute Gasteiger partial charge is 0.497 e. The zero-order chi connectivity index (χ0) is 48.6. The Balaban J connectivity index is 0.866. The Hall–Kier alpha value is -6.92. The van der Waals surface area contributed by atoms with Gasteiger partial charge >= 0.3 is 5.97 Å². The van der Waals surface area contributed by atoms with Crippen LogP contribution in [-0.4, -0.2) is 73.2 Å². The molecule has 2 amide bonds. The summed E-state index contributed by atoms with van der Waals surface area (Å²) in [6.45, 7) is 7.54. The van der Waals surface area contributed by atoms with Crippen molar-refractivity contribution in [3.05, 3.63) is 150 Å². The van der Waals surface area contributed by atoms with E-state index in [9.17, 15) is 24.3 Å². The second-order valence-corrected chi connectivity index (χ2v) is 19.3. The molecule has 0 aliphatic carbocycles. The molecule has 0 spiro atoms. The molecule has 70 heavy (non-hydrogen) atoms. The smallest absolute Gasteiger partial charge is 0.336 e. The molecule has 6 aromatic rings. The molecule has 5 aromatic carbocycles. The van der Waals surface area contributed by atoms with E-state index in [0.29, 0.717) is 59.0 Å². The highest BCUT2D eigenvalue weighted by molar-refractivity contribution is 6.30. The number of unbranched alkanes of at least 4 members (excludes halogenated alkanes) is 2. The summed E-state index contributed by atoms with van der Waals surface area (Å²) in [6, 6.07) is 21.7. The number of methoxy groups -OCH3 is 1. The number of anilines is 1. The van der Waals surface area contributed by atoms with Crippen molar-refractivity contribution in [2.75, 3.05) is 44.7 Å². The molecule has 0 saturated carbocycles. The van der Waals surface area contributed by atoms with E-state index in [1.54, 1.807) is 54.1 Å². The third kappa shape index (κ3) is 8.71. The van der Waals surface area contributed by atoms with Gasteiger partial charge in [0.1, 0.15) is 17.2 Å². The van der Waals surface area contributed by atoms with Gasteiger partial charge in [0.15, 0.2) is 0 Å². The van der Waals surface area contributed by atoms with E-state index in [1.165, 1.54) is 28.4 Å². The lowest BCUT2D eigenvalue weighted by atomic mass is 9.82. The summed E-state index contributed by atoms with van der Waals surface area (Å²) in [5.41, 5.74) is 11.2. The number of carbonyl (C=O) groups is 4. The average molecular weight is 961 g/mol. The molecule has 0 atom stereocenters. The quantitative estimate of drug-likeness (QED) is 0.0863. The molecule has 0 saturated heterocycles. The Morgan fingerprint density at radius 1 is 0.829 bits per heavy atom. The fraction of sp³-hybridized carbons (Fsp3) is 0.351. The van der Waals surface area contributed by atoms with Gasteiger partial charge in [-0.25, -0.2) is 4.79 Å². The zero-order valence-electron chi connectivity index (χ0n) is 40.1. The molecule has 0 fully saturated rings. The second-order valence-electron chi connectivity index (χ2n) is 18.9.